The molecule has 0 saturated heterocycles. The molecule has 0 amide bonds. The van der Waals surface area contributed by atoms with Crippen LogP contribution in [0.25, 0.3) is 0 Å². The molecule has 2 rings (SSSR count). The summed E-state index contributed by atoms with van der Waals surface area (Å²) in [5.41, 5.74) is 2.71. The summed E-state index contributed by atoms with van der Waals surface area (Å²) < 4.78 is 0. The lowest BCUT2D eigenvalue weighted by atomic mass is 9.78. The van der Waals surface area contributed by atoms with Gasteiger partial charge in [-0.2, -0.15) is 4.91 Å². The van der Waals surface area contributed by atoms with E-state index in [0.717, 1.165) is 12.8 Å². The fourth-order valence-corrected chi connectivity index (χ4v) is 2.42. The Morgan fingerprint density at radius 2 is 2.38 bits per heavy atom. The van der Waals surface area contributed by atoms with Crippen LogP contribution in [0.1, 0.15) is 32.6 Å². The number of allylic oxidation sites excluding steroid dienone is 2. The van der Waals surface area contributed by atoms with Gasteiger partial charge >= 0.3 is 0 Å². The van der Waals surface area contributed by atoms with Crippen molar-refractivity contribution in [2.75, 3.05) is 0 Å². The molecule has 0 aromatic carbocycles. The predicted molar refractivity (Wildman–Crippen MR) is 53.4 cm³/mol. The van der Waals surface area contributed by atoms with E-state index in [2.05, 4.69) is 24.3 Å². The molecule has 2 aliphatic carbocycles. The van der Waals surface area contributed by atoms with Gasteiger partial charge in [-0.3, -0.25) is 0 Å². The van der Waals surface area contributed by atoms with Crippen molar-refractivity contribution < 1.29 is 0 Å². The molecular formula is C11H15NO. The third-order valence-corrected chi connectivity index (χ3v) is 3.17. The van der Waals surface area contributed by atoms with E-state index in [-0.39, 0.29) is 6.04 Å². The number of hydrogen-bond donors (Lipinski definition) is 0. The molecule has 0 saturated carbocycles. The Bertz CT molecular complexity index is 278. The minimum absolute atomic E-state index is 0.0530. The Hall–Kier alpha value is -0.920. The van der Waals surface area contributed by atoms with Crippen molar-refractivity contribution in [1.82, 2.24) is 0 Å². The summed E-state index contributed by atoms with van der Waals surface area (Å²) in [6, 6.07) is -0.0530. The highest BCUT2D eigenvalue weighted by molar-refractivity contribution is 5.36. The van der Waals surface area contributed by atoms with Crippen molar-refractivity contribution in [3.8, 4) is 0 Å². The molecule has 2 aliphatic rings. The Balaban J connectivity index is 2.34. The Labute approximate surface area is 78.7 Å². The summed E-state index contributed by atoms with van der Waals surface area (Å²) in [5.74, 6) is 0.629. The number of nitrogens with zero attached hydrogens (tertiary/aromatic N) is 1. The zero-order valence-electron chi connectivity index (χ0n) is 7.99. The Morgan fingerprint density at radius 1 is 1.54 bits per heavy atom. The van der Waals surface area contributed by atoms with Crippen molar-refractivity contribution in [2.45, 2.75) is 38.6 Å². The number of hydrogen-bond acceptors (Lipinski definition) is 2. The molecule has 0 fully saturated rings. The van der Waals surface area contributed by atoms with Crippen LogP contribution >= 0.6 is 0 Å². The summed E-state index contributed by atoms with van der Waals surface area (Å²) in [7, 11) is 0. The maximum absolute atomic E-state index is 10.6. The van der Waals surface area contributed by atoms with Crippen LogP contribution < -0.4 is 0 Å². The van der Waals surface area contributed by atoms with Crippen molar-refractivity contribution >= 4 is 0 Å². The molecule has 70 valence electrons. The second kappa shape index (κ2) is 3.44. The molecular weight excluding hydrogens is 162 g/mol. The Morgan fingerprint density at radius 3 is 3.15 bits per heavy atom. The zero-order valence-corrected chi connectivity index (χ0v) is 7.99. The van der Waals surface area contributed by atoms with Gasteiger partial charge in [-0.15, -0.1) is 0 Å². The average molecular weight is 177 g/mol. The highest BCUT2D eigenvalue weighted by Crippen LogP contribution is 2.36. The van der Waals surface area contributed by atoms with Crippen molar-refractivity contribution in [3.63, 3.8) is 0 Å². The summed E-state index contributed by atoms with van der Waals surface area (Å²) in [6.07, 6.45) is 8.66. The van der Waals surface area contributed by atoms with E-state index in [9.17, 15) is 4.91 Å². The fourth-order valence-electron chi connectivity index (χ4n) is 2.42. The third kappa shape index (κ3) is 1.45. The Kier molecular flexibility index (Phi) is 2.30. The van der Waals surface area contributed by atoms with Crippen LogP contribution in [0.2, 0.25) is 0 Å². The first-order valence-corrected chi connectivity index (χ1v) is 5.05. The van der Waals surface area contributed by atoms with E-state index in [1.165, 1.54) is 24.0 Å². The maximum Gasteiger partial charge on any atom is 0.117 e. The molecule has 0 bridgehead atoms. The van der Waals surface area contributed by atoms with Gasteiger partial charge < -0.3 is 0 Å². The molecule has 0 aromatic rings. The summed E-state index contributed by atoms with van der Waals surface area (Å²) >= 11 is 0. The maximum atomic E-state index is 10.6. The van der Waals surface area contributed by atoms with E-state index >= 15 is 0 Å². The molecule has 0 heterocycles. The van der Waals surface area contributed by atoms with Crippen LogP contribution in [0.3, 0.4) is 0 Å². The van der Waals surface area contributed by atoms with Gasteiger partial charge in [-0.1, -0.05) is 24.3 Å². The third-order valence-electron chi connectivity index (χ3n) is 3.17. The molecule has 0 aromatic heterocycles. The van der Waals surface area contributed by atoms with Gasteiger partial charge in [-0.25, -0.2) is 0 Å². The van der Waals surface area contributed by atoms with E-state index in [0.29, 0.717) is 5.92 Å². The lowest BCUT2D eigenvalue weighted by Gasteiger charge is -2.28. The molecule has 0 aliphatic heterocycles. The summed E-state index contributed by atoms with van der Waals surface area (Å²) in [5, 5.41) is 3.21. The van der Waals surface area contributed by atoms with Crippen LogP contribution in [0.15, 0.2) is 28.5 Å². The monoisotopic (exact) mass is 177 g/mol. The second-order valence-corrected chi connectivity index (χ2v) is 4.03. The van der Waals surface area contributed by atoms with Gasteiger partial charge in [0.15, 0.2) is 0 Å². The average Bonchev–Trinajstić information content (AvgIpc) is 2.18. The van der Waals surface area contributed by atoms with Gasteiger partial charge in [0.1, 0.15) is 6.04 Å². The minimum atomic E-state index is -0.0530. The SMILES string of the molecule is CC1CCCC2=C1C=CCC2N=O. The first-order chi connectivity index (χ1) is 6.33. The summed E-state index contributed by atoms with van der Waals surface area (Å²) in [4.78, 5) is 10.6. The zero-order chi connectivity index (χ0) is 9.26. The van der Waals surface area contributed by atoms with Crippen molar-refractivity contribution in [1.29, 1.82) is 0 Å². The summed E-state index contributed by atoms with van der Waals surface area (Å²) in [6.45, 7) is 2.24. The van der Waals surface area contributed by atoms with E-state index in [4.69, 9.17) is 0 Å². The van der Waals surface area contributed by atoms with Crippen molar-refractivity contribution in [2.24, 2.45) is 11.1 Å². The molecule has 2 unspecified atom stereocenters. The fraction of sp³-hybridized carbons (Fsp3) is 0.636. The lowest BCUT2D eigenvalue weighted by Crippen LogP contribution is -2.19. The first kappa shape index (κ1) is 8.67. The van der Waals surface area contributed by atoms with Crippen LogP contribution in [0.5, 0.6) is 0 Å². The molecule has 2 heteroatoms. The molecule has 0 N–H and O–H groups in total. The highest BCUT2D eigenvalue weighted by atomic mass is 16.3. The minimum Gasteiger partial charge on any atom is -0.150 e. The normalized spacial score (nSPS) is 33.0. The number of rotatable bonds is 1. The standard InChI is InChI=1S/C11H15NO/c1-8-4-2-6-10-9(8)5-3-7-11(10)12-13/h3,5,8,11H,2,4,6-7H2,1H3. The molecule has 13 heavy (non-hydrogen) atoms. The predicted octanol–water partition coefficient (Wildman–Crippen LogP) is 3.20. The van der Waals surface area contributed by atoms with E-state index < -0.39 is 0 Å². The van der Waals surface area contributed by atoms with E-state index in [1.807, 2.05) is 0 Å². The lowest BCUT2D eigenvalue weighted by molar-refractivity contribution is 0.514. The largest absolute Gasteiger partial charge is 0.150 e. The smallest absolute Gasteiger partial charge is 0.117 e. The molecule has 0 spiro atoms. The van der Waals surface area contributed by atoms with Crippen molar-refractivity contribution in [3.05, 3.63) is 28.2 Å². The van der Waals surface area contributed by atoms with Gasteiger partial charge in [0.25, 0.3) is 0 Å². The van der Waals surface area contributed by atoms with Gasteiger partial charge in [0.2, 0.25) is 0 Å². The van der Waals surface area contributed by atoms with Gasteiger partial charge in [-0.05, 0) is 42.7 Å². The second-order valence-electron chi connectivity index (χ2n) is 4.03. The van der Waals surface area contributed by atoms with Gasteiger partial charge in [0.05, 0.1) is 0 Å². The van der Waals surface area contributed by atoms with E-state index in [1.54, 1.807) is 0 Å². The molecule has 0 radical (unpaired) electrons. The number of nitroso groups, excluding NO2 is 1. The first-order valence-electron chi connectivity index (χ1n) is 5.05. The van der Waals surface area contributed by atoms with Crippen LogP contribution in [-0.2, 0) is 0 Å². The van der Waals surface area contributed by atoms with Gasteiger partial charge in [0, 0.05) is 0 Å². The molecule has 2 atom stereocenters. The van der Waals surface area contributed by atoms with Crippen LogP contribution in [0.4, 0.5) is 0 Å². The highest BCUT2D eigenvalue weighted by Gasteiger charge is 2.26. The van der Waals surface area contributed by atoms with Crippen LogP contribution in [-0.4, -0.2) is 6.04 Å². The molecule has 2 nitrogen and oxygen atoms in total. The quantitative estimate of drug-likeness (QED) is 0.565. The topological polar surface area (TPSA) is 29.4 Å². The van der Waals surface area contributed by atoms with Crippen LogP contribution in [0, 0.1) is 10.8 Å².